The molecule has 1 aromatic rings. The number of nitrogens with two attached hydrogens (primary N) is 1. The molecule has 0 saturated heterocycles. The summed E-state index contributed by atoms with van der Waals surface area (Å²) in [6.07, 6.45) is 2.11. The lowest BCUT2D eigenvalue weighted by molar-refractivity contribution is -0.119. The maximum atomic E-state index is 12.2. The number of ether oxygens (including phenoxy) is 1. The molecule has 2 rings (SSSR count). The summed E-state index contributed by atoms with van der Waals surface area (Å²) in [6, 6.07) is 4.50. The normalized spacial score (nSPS) is 14.3. The molecular weight excluding hydrogens is 308 g/mol. The zero-order chi connectivity index (χ0) is 16.4. The fourth-order valence-corrected chi connectivity index (χ4v) is 2.19. The van der Waals surface area contributed by atoms with Gasteiger partial charge in [-0.3, -0.25) is 19.3 Å². The van der Waals surface area contributed by atoms with Crippen LogP contribution in [0, 0.1) is 0 Å². The average molecular weight is 321 g/mol. The third-order valence-corrected chi connectivity index (χ3v) is 3.37. The molecule has 114 valence electrons. The number of carbonyl (C=O) groups is 3. The van der Waals surface area contributed by atoms with E-state index in [1.807, 2.05) is 0 Å². The fourth-order valence-electron chi connectivity index (χ4n) is 2.01. The highest BCUT2D eigenvalue weighted by Gasteiger charge is 2.28. The van der Waals surface area contributed by atoms with E-state index >= 15 is 0 Å². The Morgan fingerprint density at radius 1 is 1.23 bits per heavy atom. The number of hydrogen-bond acceptors (Lipinski definition) is 5. The molecule has 1 aliphatic carbocycles. The van der Waals surface area contributed by atoms with Crippen LogP contribution in [0.2, 0.25) is 5.02 Å². The van der Waals surface area contributed by atoms with Gasteiger partial charge < -0.3 is 10.5 Å². The number of rotatable bonds is 3. The first kappa shape index (κ1) is 15.8. The summed E-state index contributed by atoms with van der Waals surface area (Å²) in [5.74, 6) is -1.53. The van der Waals surface area contributed by atoms with E-state index in [-0.39, 0.29) is 16.5 Å². The van der Waals surface area contributed by atoms with Crippen LogP contribution in [0.4, 0.5) is 11.4 Å². The predicted octanol–water partition coefficient (Wildman–Crippen LogP) is 1.84. The van der Waals surface area contributed by atoms with Gasteiger partial charge in [0, 0.05) is 19.1 Å². The van der Waals surface area contributed by atoms with Gasteiger partial charge in [-0.1, -0.05) is 11.6 Å². The zero-order valence-electron chi connectivity index (χ0n) is 11.9. The molecule has 0 atom stereocenters. The quantitative estimate of drug-likeness (QED) is 0.678. The summed E-state index contributed by atoms with van der Waals surface area (Å²) in [5, 5.41) is 0.243. The smallest absolute Gasteiger partial charge is 0.228 e. The number of hydrogen-bond donors (Lipinski definition) is 1. The summed E-state index contributed by atoms with van der Waals surface area (Å²) in [6.45, 7) is 1.28. The molecule has 1 aliphatic rings. The van der Waals surface area contributed by atoms with E-state index in [9.17, 15) is 14.4 Å². The van der Waals surface area contributed by atoms with Gasteiger partial charge in [0.25, 0.3) is 0 Å². The number of anilines is 2. The Labute approximate surface area is 131 Å². The van der Waals surface area contributed by atoms with Crippen molar-refractivity contribution in [2.45, 2.75) is 6.92 Å². The fraction of sp³-hybridized carbons (Fsp3) is 0.133. The van der Waals surface area contributed by atoms with Crippen LogP contribution in [0.1, 0.15) is 6.92 Å². The number of nitrogen functional groups attached to an aromatic ring is 1. The van der Waals surface area contributed by atoms with E-state index in [4.69, 9.17) is 22.1 Å². The van der Waals surface area contributed by atoms with Gasteiger partial charge in [-0.15, -0.1) is 0 Å². The summed E-state index contributed by atoms with van der Waals surface area (Å²) in [4.78, 5) is 37.1. The lowest BCUT2D eigenvalue weighted by atomic mass is 10.1. The molecule has 0 bridgehead atoms. The largest absolute Gasteiger partial charge is 0.493 e. The van der Waals surface area contributed by atoms with Crippen LogP contribution < -0.4 is 10.6 Å². The molecule has 6 nitrogen and oxygen atoms in total. The third-order valence-electron chi connectivity index (χ3n) is 3.04. The van der Waals surface area contributed by atoms with Crippen LogP contribution in [0.15, 0.2) is 41.8 Å². The van der Waals surface area contributed by atoms with Crippen LogP contribution in [-0.2, 0) is 19.1 Å². The van der Waals surface area contributed by atoms with Crippen LogP contribution in [-0.4, -0.2) is 24.6 Å². The topological polar surface area (TPSA) is 89.7 Å². The van der Waals surface area contributed by atoms with Gasteiger partial charge in [0.1, 0.15) is 5.70 Å². The van der Waals surface area contributed by atoms with Crippen molar-refractivity contribution in [1.82, 2.24) is 0 Å². The Balaban J connectivity index is 2.50. The van der Waals surface area contributed by atoms with Gasteiger partial charge in [0.15, 0.2) is 5.76 Å². The second-order valence-electron chi connectivity index (χ2n) is 4.53. The Morgan fingerprint density at radius 3 is 2.45 bits per heavy atom. The standard InChI is InChI=1S/C15H13ClN2O4/c1-8(19)18(9-3-4-11(17)10(16)5-9)12-6-14(21)15(22-2)7-13(12)20/h3-7H,17H2,1-2H3. The molecule has 0 fully saturated rings. The van der Waals surface area contributed by atoms with Crippen LogP contribution in [0.5, 0.6) is 0 Å². The van der Waals surface area contributed by atoms with Crippen molar-refractivity contribution in [3.8, 4) is 0 Å². The minimum absolute atomic E-state index is 0.0702. The second kappa shape index (κ2) is 6.03. The van der Waals surface area contributed by atoms with Crippen LogP contribution >= 0.6 is 11.6 Å². The van der Waals surface area contributed by atoms with Gasteiger partial charge in [-0.05, 0) is 18.2 Å². The first-order valence-electron chi connectivity index (χ1n) is 6.27. The predicted molar refractivity (Wildman–Crippen MR) is 82.2 cm³/mol. The molecule has 0 saturated carbocycles. The lowest BCUT2D eigenvalue weighted by Crippen LogP contribution is -2.34. The highest BCUT2D eigenvalue weighted by Crippen LogP contribution is 2.29. The summed E-state index contributed by atoms with van der Waals surface area (Å²) in [7, 11) is 1.29. The minimum Gasteiger partial charge on any atom is -0.493 e. The van der Waals surface area contributed by atoms with Crippen LogP contribution in [0.3, 0.4) is 0 Å². The van der Waals surface area contributed by atoms with Gasteiger partial charge in [-0.25, -0.2) is 0 Å². The Kier molecular flexibility index (Phi) is 4.32. The minimum atomic E-state index is -0.514. The van der Waals surface area contributed by atoms with E-state index < -0.39 is 17.5 Å². The second-order valence-corrected chi connectivity index (χ2v) is 4.94. The first-order valence-corrected chi connectivity index (χ1v) is 6.64. The molecule has 0 unspecified atom stereocenters. The van der Waals surface area contributed by atoms with Gasteiger partial charge in [0.05, 0.1) is 23.5 Å². The SMILES string of the molecule is COC1=CC(=O)C(N(C(C)=O)c2ccc(N)c(Cl)c2)=CC1=O. The number of nitrogens with zero attached hydrogens (tertiary/aromatic N) is 1. The summed E-state index contributed by atoms with van der Waals surface area (Å²) < 4.78 is 4.81. The number of amides is 1. The van der Waals surface area contributed by atoms with Gasteiger partial charge in [0.2, 0.25) is 17.5 Å². The molecule has 7 heteroatoms. The number of methoxy groups -OCH3 is 1. The zero-order valence-corrected chi connectivity index (χ0v) is 12.7. The molecule has 0 radical (unpaired) electrons. The highest BCUT2D eigenvalue weighted by molar-refractivity contribution is 6.33. The van der Waals surface area contributed by atoms with Crippen molar-refractivity contribution in [1.29, 1.82) is 0 Å². The molecule has 0 spiro atoms. The molecular formula is C15H13ClN2O4. The monoisotopic (exact) mass is 320 g/mol. The van der Waals surface area contributed by atoms with Gasteiger partial charge in [-0.2, -0.15) is 0 Å². The van der Waals surface area contributed by atoms with E-state index in [0.29, 0.717) is 11.4 Å². The molecule has 0 aliphatic heterocycles. The number of halogens is 1. The van der Waals surface area contributed by atoms with Crippen LogP contribution in [0.25, 0.3) is 0 Å². The molecule has 2 N–H and O–H groups in total. The van der Waals surface area contributed by atoms with Crippen molar-refractivity contribution in [2.75, 3.05) is 17.7 Å². The highest BCUT2D eigenvalue weighted by atomic mass is 35.5. The molecule has 1 aromatic carbocycles. The first-order chi connectivity index (χ1) is 10.3. The van der Waals surface area contributed by atoms with E-state index in [2.05, 4.69) is 0 Å². The van der Waals surface area contributed by atoms with Gasteiger partial charge >= 0.3 is 0 Å². The number of allylic oxidation sites excluding steroid dienone is 2. The maximum absolute atomic E-state index is 12.2. The van der Waals surface area contributed by atoms with Crippen molar-refractivity contribution < 1.29 is 19.1 Å². The summed E-state index contributed by atoms with van der Waals surface area (Å²) >= 11 is 5.95. The number of ketones is 2. The third kappa shape index (κ3) is 2.87. The Hall–Kier alpha value is -2.60. The molecule has 1 amide bonds. The molecule has 0 heterocycles. The average Bonchev–Trinajstić information content (AvgIpc) is 2.46. The molecule has 22 heavy (non-hydrogen) atoms. The number of carbonyl (C=O) groups excluding carboxylic acids is 3. The van der Waals surface area contributed by atoms with Crippen molar-refractivity contribution in [3.05, 3.63) is 46.8 Å². The maximum Gasteiger partial charge on any atom is 0.228 e. The van der Waals surface area contributed by atoms with Crippen molar-refractivity contribution >= 4 is 40.4 Å². The Morgan fingerprint density at radius 2 is 1.91 bits per heavy atom. The Bertz CT molecular complexity index is 737. The molecule has 0 aromatic heterocycles. The summed E-state index contributed by atoms with van der Waals surface area (Å²) in [5.41, 5.74) is 6.25. The van der Waals surface area contributed by atoms with E-state index in [1.165, 1.54) is 32.2 Å². The van der Waals surface area contributed by atoms with Crippen molar-refractivity contribution in [3.63, 3.8) is 0 Å². The lowest BCUT2D eigenvalue weighted by Gasteiger charge is -2.24. The number of benzene rings is 1. The van der Waals surface area contributed by atoms with E-state index in [0.717, 1.165) is 17.1 Å². The van der Waals surface area contributed by atoms with Crippen molar-refractivity contribution in [2.24, 2.45) is 0 Å². The van der Waals surface area contributed by atoms with E-state index in [1.54, 1.807) is 0 Å².